The molecule has 8 heteroatoms. The van der Waals surface area contributed by atoms with Gasteiger partial charge >= 0.3 is 5.97 Å². The highest BCUT2D eigenvalue weighted by Crippen LogP contribution is 2.29. The lowest BCUT2D eigenvalue weighted by Gasteiger charge is -2.08. The molecule has 0 saturated carbocycles. The number of carbonyl (C=O) groups is 1. The van der Waals surface area contributed by atoms with Gasteiger partial charge in [-0.2, -0.15) is 0 Å². The molecule has 0 radical (unpaired) electrons. The molecule has 1 atom stereocenters. The summed E-state index contributed by atoms with van der Waals surface area (Å²) < 4.78 is 13.1. The Balaban J connectivity index is 2.33. The van der Waals surface area contributed by atoms with Crippen LogP contribution in [0.3, 0.4) is 0 Å². The van der Waals surface area contributed by atoms with Gasteiger partial charge in [0.1, 0.15) is 0 Å². The summed E-state index contributed by atoms with van der Waals surface area (Å²) in [5, 5.41) is 10.0. The fraction of sp³-hybridized carbons (Fsp3) is 0.385. The van der Waals surface area contributed by atoms with Crippen molar-refractivity contribution >= 4 is 51.2 Å². The third kappa shape index (κ3) is 4.21. The molecule has 0 fully saturated rings. The number of carboxylic acid groups (broad SMARTS) is 1. The van der Waals surface area contributed by atoms with E-state index in [1.165, 1.54) is 11.8 Å². The molecule has 0 aliphatic carbocycles. The second kappa shape index (κ2) is 7.29. The number of aliphatic carboxylic acids is 1. The van der Waals surface area contributed by atoms with Crippen LogP contribution in [0.2, 0.25) is 5.02 Å². The van der Waals surface area contributed by atoms with E-state index in [1.54, 1.807) is 12.3 Å². The van der Waals surface area contributed by atoms with E-state index in [1.807, 2.05) is 16.7 Å². The maximum atomic E-state index is 11.2. The average Bonchev–Trinajstić information content (AvgIpc) is 2.75. The Morgan fingerprint density at radius 3 is 2.95 bits per heavy atom. The molecule has 2 rings (SSSR count). The van der Waals surface area contributed by atoms with E-state index < -0.39 is 16.8 Å². The van der Waals surface area contributed by atoms with Gasteiger partial charge in [0, 0.05) is 29.4 Å². The number of hydrogen-bond donors (Lipinski definition) is 1. The topological polar surface area (TPSA) is 72.2 Å². The number of para-hydroxylation sites is 1. The molecule has 0 aliphatic rings. The number of aromatic nitrogens is 2. The molecule has 1 heterocycles. The van der Waals surface area contributed by atoms with Crippen LogP contribution in [-0.2, 0) is 22.1 Å². The minimum atomic E-state index is -0.889. The first-order chi connectivity index (χ1) is 9.99. The molecular formula is C13H15ClN2O3S2. The number of halogens is 1. The average molecular weight is 347 g/mol. The summed E-state index contributed by atoms with van der Waals surface area (Å²) in [6, 6.07) is 5.45. The zero-order chi connectivity index (χ0) is 15.4. The lowest BCUT2D eigenvalue weighted by atomic mass is 10.3. The van der Waals surface area contributed by atoms with Crippen molar-refractivity contribution in [3.8, 4) is 0 Å². The van der Waals surface area contributed by atoms with Crippen molar-refractivity contribution < 1.29 is 14.1 Å². The Labute approximate surface area is 134 Å². The Kier molecular flexibility index (Phi) is 5.66. The van der Waals surface area contributed by atoms with Gasteiger partial charge in [-0.25, -0.2) is 4.98 Å². The van der Waals surface area contributed by atoms with Gasteiger partial charge in [-0.15, -0.1) is 0 Å². The van der Waals surface area contributed by atoms with Crippen molar-refractivity contribution in [2.75, 3.05) is 17.8 Å². The van der Waals surface area contributed by atoms with Crippen LogP contribution >= 0.6 is 23.4 Å². The van der Waals surface area contributed by atoms with Crippen LogP contribution in [0.4, 0.5) is 0 Å². The molecule has 0 spiro atoms. The molecule has 5 nitrogen and oxygen atoms in total. The lowest BCUT2D eigenvalue weighted by Crippen LogP contribution is -2.06. The number of benzene rings is 1. The summed E-state index contributed by atoms with van der Waals surface area (Å²) >= 11 is 7.40. The molecule has 1 aromatic heterocycles. The molecule has 114 valence electrons. The quantitative estimate of drug-likeness (QED) is 0.780. The van der Waals surface area contributed by atoms with Crippen LogP contribution in [0.25, 0.3) is 11.0 Å². The van der Waals surface area contributed by atoms with E-state index in [0.717, 1.165) is 17.5 Å². The second-order valence-corrected chi connectivity index (χ2v) is 7.37. The number of aryl methyl sites for hydroxylation is 1. The van der Waals surface area contributed by atoms with Gasteiger partial charge in [0.05, 0.1) is 21.8 Å². The Hall–Kier alpha value is -1.05. The summed E-state index contributed by atoms with van der Waals surface area (Å²) in [6.07, 6.45) is 2.39. The molecule has 0 saturated heterocycles. The van der Waals surface area contributed by atoms with Crippen molar-refractivity contribution in [1.82, 2.24) is 9.55 Å². The number of rotatable bonds is 7. The van der Waals surface area contributed by atoms with Gasteiger partial charge in [-0.05, 0) is 18.6 Å². The van der Waals surface area contributed by atoms with Gasteiger partial charge in [0.2, 0.25) is 0 Å². The number of nitrogens with zero attached hydrogens (tertiary/aromatic N) is 2. The SMILES string of the molecule is CS(=O)CCCn1c(SCC(=O)O)nc2cccc(Cl)c21. The van der Waals surface area contributed by atoms with E-state index in [0.29, 0.717) is 22.5 Å². The minimum Gasteiger partial charge on any atom is -0.481 e. The molecule has 0 bridgehead atoms. The van der Waals surface area contributed by atoms with Crippen LogP contribution in [0.5, 0.6) is 0 Å². The summed E-state index contributed by atoms with van der Waals surface area (Å²) in [6.45, 7) is 0.613. The fourth-order valence-corrected chi connectivity index (χ4v) is 3.55. The molecule has 1 N–H and O–H groups in total. The van der Waals surface area contributed by atoms with Gasteiger partial charge in [0.25, 0.3) is 0 Å². The van der Waals surface area contributed by atoms with Crippen molar-refractivity contribution in [1.29, 1.82) is 0 Å². The fourth-order valence-electron chi connectivity index (χ4n) is 1.99. The van der Waals surface area contributed by atoms with Crippen LogP contribution in [-0.4, -0.2) is 42.6 Å². The van der Waals surface area contributed by atoms with Gasteiger partial charge in [0.15, 0.2) is 5.16 Å². The summed E-state index contributed by atoms with van der Waals surface area (Å²) in [4.78, 5) is 15.2. The number of thioether (sulfide) groups is 1. The zero-order valence-corrected chi connectivity index (χ0v) is 13.8. The summed E-state index contributed by atoms with van der Waals surface area (Å²) in [5.41, 5.74) is 1.54. The predicted octanol–water partition coefficient (Wildman–Crippen LogP) is 2.64. The monoisotopic (exact) mass is 346 g/mol. The number of hydrogen-bond acceptors (Lipinski definition) is 4. The van der Waals surface area contributed by atoms with Gasteiger partial charge in [-0.1, -0.05) is 29.4 Å². The van der Waals surface area contributed by atoms with Gasteiger partial charge in [-0.3, -0.25) is 9.00 Å². The second-order valence-electron chi connectivity index (χ2n) is 4.47. The smallest absolute Gasteiger partial charge is 0.313 e. The number of imidazole rings is 1. The first-order valence-corrected chi connectivity index (χ1v) is 9.37. The summed E-state index contributed by atoms with van der Waals surface area (Å²) in [7, 11) is -0.851. The van der Waals surface area contributed by atoms with Crippen LogP contribution in [0, 0.1) is 0 Å². The maximum absolute atomic E-state index is 11.2. The third-order valence-corrected chi connectivity index (χ3v) is 4.95. The first kappa shape index (κ1) is 16.3. The van der Waals surface area contributed by atoms with E-state index in [4.69, 9.17) is 16.7 Å². The Morgan fingerprint density at radius 2 is 2.29 bits per heavy atom. The molecule has 0 aliphatic heterocycles. The molecule has 0 amide bonds. The van der Waals surface area contributed by atoms with Crippen molar-refractivity contribution in [2.24, 2.45) is 0 Å². The highest BCUT2D eigenvalue weighted by Gasteiger charge is 2.14. The highest BCUT2D eigenvalue weighted by atomic mass is 35.5. The van der Waals surface area contributed by atoms with Crippen molar-refractivity contribution in [3.63, 3.8) is 0 Å². The molecule has 1 aromatic carbocycles. The molecule has 2 aromatic rings. The van der Waals surface area contributed by atoms with Crippen molar-refractivity contribution in [2.45, 2.75) is 18.1 Å². The lowest BCUT2D eigenvalue weighted by molar-refractivity contribution is -0.133. The Bertz CT molecular complexity index is 687. The van der Waals surface area contributed by atoms with Crippen molar-refractivity contribution in [3.05, 3.63) is 23.2 Å². The zero-order valence-electron chi connectivity index (χ0n) is 11.4. The van der Waals surface area contributed by atoms with E-state index >= 15 is 0 Å². The predicted molar refractivity (Wildman–Crippen MR) is 86.7 cm³/mol. The van der Waals surface area contributed by atoms with Crippen LogP contribution in [0.15, 0.2) is 23.4 Å². The standard InChI is InChI=1S/C13H15ClN2O3S2/c1-21(19)7-3-6-16-12-9(14)4-2-5-10(12)15-13(16)20-8-11(17)18/h2,4-5H,3,6-8H2,1H3,(H,17,18). The van der Waals surface area contributed by atoms with Crippen LogP contribution < -0.4 is 0 Å². The highest BCUT2D eigenvalue weighted by molar-refractivity contribution is 7.99. The number of carboxylic acids is 1. The van der Waals surface area contributed by atoms with Gasteiger partial charge < -0.3 is 9.67 Å². The van der Waals surface area contributed by atoms with E-state index in [2.05, 4.69) is 4.98 Å². The number of fused-ring (bicyclic) bond motifs is 1. The van der Waals surface area contributed by atoms with Crippen LogP contribution in [0.1, 0.15) is 6.42 Å². The van der Waals surface area contributed by atoms with E-state index in [9.17, 15) is 9.00 Å². The normalized spacial score (nSPS) is 12.7. The maximum Gasteiger partial charge on any atom is 0.313 e. The molecule has 1 unspecified atom stereocenters. The minimum absolute atomic E-state index is 0.0549. The summed E-state index contributed by atoms with van der Waals surface area (Å²) in [5.74, 6) is -0.354. The molecular weight excluding hydrogens is 332 g/mol. The first-order valence-electron chi connectivity index (χ1n) is 6.28. The molecule has 21 heavy (non-hydrogen) atoms. The van der Waals surface area contributed by atoms with E-state index in [-0.39, 0.29) is 5.75 Å². The Morgan fingerprint density at radius 1 is 1.52 bits per heavy atom. The third-order valence-electron chi connectivity index (χ3n) is 2.82. The largest absolute Gasteiger partial charge is 0.481 e.